The molecule has 3 nitrogen and oxygen atoms in total. The van der Waals surface area contributed by atoms with Crippen LogP contribution in [0.5, 0.6) is 0 Å². The quantitative estimate of drug-likeness (QED) is 0.206. The molecule has 0 saturated carbocycles. The number of fused-ring (bicyclic) bond motifs is 2. The summed E-state index contributed by atoms with van der Waals surface area (Å²) < 4.78 is 8.59. The fraction of sp³-hybridized carbons (Fsp3) is 0.381. The number of benzene rings is 2. The normalized spacial score (nSPS) is 11.9. The van der Waals surface area contributed by atoms with Gasteiger partial charge in [-0.2, -0.15) is 0 Å². The summed E-state index contributed by atoms with van der Waals surface area (Å²) >= 11 is 0. The van der Waals surface area contributed by atoms with Crippen molar-refractivity contribution < 1.29 is 13.6 Å². The first-order chi connectivity index (χ1) is 13.7. The molecule has 0 radical (unpaired) electrons. The van der Waals surface area contributed by atoms with Gasteiger partial charge >= 0.3 is 49.6 Å². The second-order valence-corrected chi connectivity index (χ2v) is 17.3. The minimum atomic E-state index is -2.61. The summed E-state index contributed by atoms with van der Waals surface area (Å²) in [5.74, 6) is 0.948. The SMILES string of the molecule is CCN(CC)c1ccc2cc3ccc(=[N+](CC)CC)cc-3oc2c1.[Cl][Fe]([Cl])([Cl])[Cl]. The van der Waals surface area contributed by atoms with E-state index in [0.29, 0.717) is 0 Å². The van der Waals surface area contributed by atoms with E-state index in [-0.39, 0.29) is 0 Å². The fourth-order valence-electron chi connectivity index (χ4n) is 3.32. The first kappa shape index (κ1) is 24.7. The topological polar surface area (TPSA) is 19.4 Å². The van der Waals surface area contributed by atoms with E-state index >= 15 is 0 Å². The standard InChI is InChI=1S/C21H27N2O.4ClH.Fe/c1-5-22(6-2)18-11-9-16-13-17-10-12-19(23(7-3)8-4)15-21(17)24-20(16)14-18;;;;;/h9-15H,5-8H2,1-4H3;4*1H;/q+1;;;;;+4/p-4. The maximum absolute atomic E-state index is 6.25. The fourth-order valence-corrected chi connectivity index (χ4v) is 3.32. The summed E-state index contributed by atoms with van der Waals surface area (Å²) in [7, 11) is 17.2. The summed E-state index contributed by atoms with van der Waals surface area (Å²) in [5, 5.41) is 2.37. The summed E-state index contributed by atoms with van der Waals surface area (Å²) in [6, 6.07) is 15.2. The molecule has 1 aliphatic heterocycles. The van der Waals surface area contributed by atoms with Crippen molar-refractivity contribution >= 4 is 57.0 Å². The third-order valence-corrected chi connectivity index (χ3v) is 4.78. The molecule has 0 saturated heterocycles. The number of hydrogen-bond acceptors (Lipinski definition) is 2. The van der Waals surface area contributed by atoms with Crippen LogP contribution < -0.4 is 14.8 Å². The van der Waals surface area contributed by atoms with Crippen molar-refractivity contribution in [2.45, 2.75) is 27.7 Å². The van der Waals surface area contributed by atoms with E-state index in [0.717, 1.165) is 48.5 Å². The number of nitrogens with zero attached hydrogens (tertiary/aromatic N) is 2. The molecular formula is C21H27Cl4FeN2O+. The Labute approximate surface area is 192 Å². The number of hydrogen-bond donors (Lipinski definition) is 0. The molecule has 0 fully saturated rings. The Balaban J connectivity index is 0.000000537. The molecule has 1 aliphatic carbocycles. The Kier molecular flexibility index (Phi) is 9.47. The number of anilines is 1. The van der Waals surface area contributed by atoms with Crippen LogP contribution in [0.4, 0.5) is 5.69 Å². The van der Waals surface area contributed by atoms with Crippen molar-refractivity contribution in [3.8, 4) is 11.3 Å². The second kappa shape index (κ2) is 11.1. The van der Waals surface area contributed by atoms with E-state index in [1.165, 1.54) is 11.0 Å². The van der Waals surface area contributed by atoms with Crippen molar-refractivity contribution in [2.24, 2.45) is 0 Å². The van der Waals surface area contributed by atoms with Gasteiger partial charge in [-0.3, -0.25) is 0 Å². The number of rotatable bonds is 5. The van der Waals surface area contributed by atoms with Crippen molar-refractivity contribution in [3.05, 3.63) is 47.8 Å². The molecular weight excluding hydrogens is 494 g/mol. The van der Waals surface area contributed by atoms with Gasteiger partial charge in [-0.1, -0.05) is 0 Å². The zero-order valence-electron chi connectivity index (χ0n) is 17.0. The first-order valence-corrected chi connectivity index (χ1v) is 15.6. The molecule has 0 unspecified atom stereocenters. The average Bonchev–Trinajstić information content (AvgIpc) is 2.67. The molecule has 8 heteroatoms. The molecule has 0 atom stereocenters. The monoisotopic (exact) mass is 519 g/mol. The molecule has 29 heavy (non-hydrogen) atoms. The Morgan fingerprint density at radius 3 is 2.03 bits per heavy atom. The van der Waals surface area contributed by atoms with Gasteiger partial charge in [-0.15, -0.1) is 0 Å². The van der Waals surface area contributed by atoms with Crippen LogP contribution >= 0.6 is 40.4 Å². The van der Waals surface area contributed by atoms with E-state index in [9.17, 15) is 0 Å². The van der Waals surface area contributed by atoms with E-state index in [1.54, 1.807) is 0 Å². The molecule has 3 rings (SSSR count). The molecule has 1 aromatic carbocycles. The minimum absolute atomic E-state index is 0.948. The van der Waals surface area contributed by atoms with Gasteiger partial charge in [0.15, 0.2) is 0 Å². The number of halogens is 4. The van der Waals surface area contributed by atoms with Crippen LogP contribution in [0.1, 0.15) is 27.7 Å². The van der Waals surface area contributed by atoms with Crippen molar-refractivity contribution in [3.63, 3.8) is 0 Å². The van der Waals surface area contributed by atoms with Crippen molar-refractivity contribution in [2.75, 3.05) is 31.1 Å². The van der Waals surface area contributed by atoms with Crippen LogP contribution in [0, 0.1) is 0 Å². The van der Waals surface area contributed by atoms with Crippen molar-refractivity contribution in [1.29, 1.82) is 0 Å². The van der Waals surface area contributed by atoms with Gasteiger partial charge in [0.05, 0.1) is 6.07 Å². The molecule has 0 aromatic heterocycles. The zero-order valence-corrected chi connectivity index (χ0v) is 21.2. The van der Waals surface area contributed by atoms with Crippen molar-refractivity contribution in [1.82, 2.24) is 4.58 Å². The van der Waals surface area contributed by atoms with Gasteiger partial charge in [0.2, 0.25) is 5.36 Å². The molecule has 1 heterocycles. The third kappa shape index (κ3) is 7.24. The van der Waals surface area contributed by atoms with Gasteiger partial charge in [0.1, 0.15) is 24.4 Å². The van der Waals surface area contributed by atoms with Gasteiger partial charge in [0.25, 0.3) is 0 Å². The average molecular weight is 521 g/mol. The van der Waals surface area contributed by atoms with Crippen LogP contribution in [0.25, 0.3) is 22.3 Å². The van der Waals surface area contributed by atoms with E-state index in [1.807, 2.05) is 0 Å². The van der Waals surface area contributed by atoms with Gasteiger partial charge < -0.3 is 9.32 Å². The summed E-state index contributed by atoms with van der Waals surface area (Å²) in [5.41, 5.74) is 3.31. The predicted octanol–water partition coefficient (Wildman–Crippen LogP) is 6.95. The summed E-state index contributed by atoms with van der Waals surface area (Å²) in [6.45, 7) is 12.7. The van der Waals surface area contributed by atoms with E-state index in [4.69, 9.17) is 44.8 Å². The zero-order chi connectivity index (χ0) is 21.6. The molecule has 0 bridgehead atoms. The van der Waals surface area contributed by atoms with Gasteiger partial charge in [-0.25, -0.2) is 4.58 Å². The Morgan fingerprint density at radius 2 is 1.48 bits per heavy atom. The van der Waals surface area contributed by atoms with Crippen LogP contribution in [0.15, 0.2) is 46.9 Å². The Bertz CT molecular complexity index is 968. The van der Waals surface area contributed by atoms with E-state index in [2.05, 4.69) is 79.6 Å². The van der Waals surface area contributed by atoms with Crippen LogP contribution in [0.3, 0.4) is 0 Å². The third-order valence-electron chi connectivity index (χ3n) is 4.78. The Hall–Kier alpha value is -0.611. The second-order valence-electron chi connectivity index (χ2n) is 6.34. The van der Waals surface area contributed by atoms with Gasteiger partial charge in [-0.05, 0) is 52.0 Å². The summed E-state index contributed by atoms with van der Waals surface area (Å²) in [4.78, 5) is 2.34. The molecule has 0 spiro atoms. The predicted molar refractivity (Wildman–Crippen MR) is 126 cm³/mol. The first-order valence-electron chi connectivity index (χ1n) is 9.54. The van der Waals surface area contributed by atoms with Crippen LogP contribution in [0.2, 0.25) is 0 Å². The molecule has 1 aromatic rings. The van der Waals surface area contributed by atoms with Gasteiger partial charge in [0, 0.05) is 41.9 Å². The Morgan fingerprint density at radius 1 is 0.862 bits per heavy atom. The van der Waals surface area contributed by atoms with Crippen LogP contribution in [-0.2, 0) is 9.20 Å². The maximum atomic E-state index is 6.25. The molecule has 0 N–H and O–H groups in total. The van der Waals surface area contributed by atoms with Crippen LogP contribution in [-0.4, -0.2) is 26.2 Å². The molecule has 0 amide bonds. The molecule has 2 aliphatic rings. The van der Waals surface area contributed by atoms with E-state index < -0.39 is 9.20 Å². The molecule has 162 valence electrons. The summed E-state index contributed by atoms with van der Waals surface area (Å²) in [6.07, 6.45) is 0.